The van der Waals surface area contributed by atoms with Crippen molar-refractivity contribution in [3.8, 4) is 0 Å². The Labute approximate surface area is 127 Å². The normalized spacial score (nSPS) is 12.8. The number of hydrogen-bond acceptors (Lipinski definition) is 5. The second-order valence-corrected chi connectivity index (χ2v) is 4.95. The summed E-state index contributed by atoms with van der Waals surface area (Å²) in [5.41, 5.74) is 2.85. The third kappa shape index (κ3) is 5.74. The summed E-state index contributed by atoms with van der Waals surface area (Å²) in [4.78, 5) is 0. The summed E-state index contributed by atoms with van der Waals surface area (Å²) in [6, 6.07) is 0. The Hall–Kier alpha value is -0.950. The predicted molar refractivity (Wildman–Crippen MR) is 80.5 cm³/mol. The molecule has 0 saturated carbocycles. The maximum atomic E-state index is 10.0. The SMILES string of the molecule is CCC(O)c1c(C)nn(CCOCCOCCOC)c1C. The van der Waals surface area contributed by atoms with Crippen molar-refractivity contribution in [3.63, 3.8) is 0 Å². The van der Waals surface area contributed by atoms with Gasteiger partial charge in [-0.15, -0.1) is 0 Å². The lowest BCUT2D eigenvalue weighted by Gasteiger charge is -2.10. The molecule has 21 heavy (non-hydrogen) atoms. The number of ether oxygens (including phenoxy) is 3. The quantitative estimate of drug-likeness (QED) is 0.629. The molecular formula is C15H28N2O4. The number of nitrogens with zero attached hydrogens (tertiary/aromatic N) is 2. The minimum Gasteiger partial charge on any atom is -0.388 e. The average Bonchev–Trinajstić information content (AvgIpc) is 2.75. The molecule has 6 heteroatoms. The van der Waals surface area contributed by atoms with Gasteiger partial charge in [0, 0.05) is 18.4 Å². The first-order valence-corrected chi connectivity index (χ1v) is 7.48. The van der Waals surface area contributed by atoms with Gasteiger partial charge in [0.2, 0.25) is 0 Å². The van der Waals surface area contributed by atoms with E-state index in [0.29, 0.717) is 46.0 Å². The van der Waals surface area contributed by atoms with Gasteiger partial charge in [-0.25, -0.2) is 0 Å². The van der Waals surface area contributed by atoms with Crippen LogP contribution in [0.2, 0.25) is 0 Å². The minimum atomic E-state index is -0.436. The highest BCUT2D eigenvalue weighted by atomic mass is 16.5. The topological polar surface area (TPSA) is 65.7 Å². The van der Waals surface area contributed by atoms with Crippen molar-refractivity contribution in [2.75, 3.05) is 40.1 Å². The van der Waals surface area contributed by atoms with Crippen LogP contribution < -0.4 is 0 Å². The summed E-state index contributed by atoms with van der Waals surface area (Å²) in [7, 11) is 1.65. The largest absolute Gasteiger partial charge is 0.388 e. The molecule has 0 aliphatic carbocycles. The van der Waals surface area contributed by atoms with E-state index in [4.69, 9.17) is 14.2 Å². The summed E-state index contributed by atoms with van der Waals surface area (Å²) in [5, 5.41) is 14.5. The van der Waals surface area contributed by atoms with Crippen molar-refractivity contribution in [2.24, 2.45) is 0 Å². The second kappa shape index (κ2) is 9.89. The molecule has 0 radical (unpaired) electrons. The molecule has 122 valence electrons. The third-order valence-corrected chi connectivity index (χ3v) is 3.41. The molecular weight excluding hydrogens is 272 g/mol. The zero-order valence-electron chi connectivity index (χ0n) is 13.6. The van der Waals surface area contributed by atoms with Crippen molar-refractivity contribution in [1.29, 1.82) is 0 Å². The van der Waals surface area contributed by atoms with Gasteiger partial charge < -0.3 is 19.3 Å². The number of aliphatic hydroxyl groups excluding tert-OH is 1. The van der Waals surface area contributed by atoms with E-state index in [-0.39, 0.29) is 0 Å². The van der Waals surface area contributed by atoms with Crippen LogP contribution in [-0.2, 0) is 20.8 Å². The molecule has 0 spiro atoms. The van der Waals surface area contributed by atoms with Crippen molar-refractivity contribution >= 4 is 0 Å². The second-order valence-electron chi connectivity index (χ2n) is 4.95. The van der Waals surface area contributed by atoms with Crippen LogP contribution in [0.25, 0.3) is 0 Å². The average molecular weight is 300 g/mol. The van der Waals surface area contributed by atoms with Crippen LogP contribution in [0.4, 0.5) is 0 Å². The third-order valence-electron chi connectivity index (χ3n) is 3.41. The highest BCUT2D eigenvalue weighted by Crippen LogP contribution is 2.23. The molecule has 1 rings (SSSR count). The Morgan fingerprint density at radius 1 is 1.10 bits per heavy atom. The smallest absolute Gasteiger partial charge is 0.0823 e. The molecule has 0 aromatic carbocycles. The monoisotopic (exact) mass is 300 g/mol. The Morgan fingerprint density at radius 3 is 2.33 bits per heavy atom. The lowest BCUT2D eigenvalue weighted by atomic mass is 10.1. The van der Waals surface area contributed by atoms with Crippen LogP contribution in [0.5, 0.6) is 0 Å². The van der Waals surface area contributed by atoms with Gasteiger partial charge >= 0.3 is 0 Å². The Morgan fingerprint density at radius 2 is 1.71 bits per heavy atom. The first-order valence-electron chi connectivity index (χ1n) is 7.48. The fourth-order valence-electron chi connectivity index (χ4n) is 2.23. The highest BCUT2D eigenvalue weighted by molar-refractivity contribution is 5.26. The summed E-state index contributed by atoms with van der Waals surface area (Å²) in [6.07, 6.45) is 0.261. The number of aromatic nitrogens is 2. The summed E-state index contributed by atoms with van der Waals surface area (Å²) in [6.45, 7) is 9.48. The van der Waals surface area contributed by atoms with Crippen LogP contribution >= 0.6 is 0 Å². The van der Waals surface area contributed by atoms with E-state index in [0.717, 1.165) is 17.0 Å². The van der Waals surface area contributed by atoms with Gasteiger partial charge in [0.15, 0.2) is 0 Å². The van der Waals surface area contributed by atoms with E-state index in [1.54, 1.807) is 7.11 Å². The zero-order valence-corrected chi connectivity index (χ0v) is 13.6. The molecule has 0 bridgehead atoms. The Balaban J connectivity index is 2.30. The minimum absolute atomic E-state index is 0.436. The van der Waals surface area contributed by atoms with E-state index < -0.39 is 6.10 Å². The molecule has 0 saturated heterocycles. The molecule has 1 heterocycles. The van der Waals surface area contributed by atoms with E-state index in [9.17, 15) is 5.11 Å². The number of rotatable bonds is 11. The van der Waals surface area contributed by atoms with Crippen molar-refractivity contribution in [2.45, 2.75) is 39.8 Å². The molecule has 1 N–H and O–H groups in total. The van der Waals surface area contributed by atoms with Gasteiger partial charge in [0.25, 0.3) is 0 Å². The molecule has 1 aromatic rings. The lowest BCUT2D eigenvalue weighted by Crippen LogP contribution is -2.13. The van der Waals surface area contributed by atoms with E-state index >= 15 is 0 Å². The number of hydrogen-bond donors (Lipinski definition) is 1. The number of methoxy groups -OCH3 is 1. The fraction of sp³-hybridized carbons (Fsp3) is 0.800. The first-order chi connectivity index (χ1) is 10.1. The van der Waals surface area contributed by atoms with Gasteiger partial charge in [-0.05, 0) is 20.3 Å². The van der Waals surface area contributed by atoms with Gasteiger partial charge in [-0.1, -0.05) is 6.92 Å². The van der Waals surface area contributed by atoms with Gasteiger partial charge in [0.1, 0.15) is 0 Å². The van der Waals surface area contributed by atoms with Crippen LogP contribution in [0.15, 0.2) is 0 Å². The van der Waals surface area contributed by atoms with Gasteiger partial charge in [-0.3, -0.25) is 4.68 Å². The zero-order chi connectivity index (χ0) is 15.7. The van der Waals surface area contributed by atoms with E-state index in [1.165, 1.54) is 0 Å². The van der Waals surface area contributed by atoms with Crippen LogP contribution in [0.3, 0.4) is 0 Å². The Kier molecular flexibility index (Phi) is 8.52. The van der Waals surface area contributed by atoms with E-state index in [2.05, 4.69) is 5.10 Å². The van der Waals surface area contributed by atoms with Crippen LogP contribution in [0, 0.1) is 13.8 Å². The predicted octanol–water partition coefficient (Wildman–Crippen LogP) is 1.62. The number of aryl methyl sites for hydroxylation is 1. The van der Waals surface area contributed by atoms with Crippen LogP contribution in [0.1, 0.15) is 36.4 Å². The van der Waals surface area contributed by atoms with E-state index in [1.807, 2.05) is 25.5 Å². The summed E-state index contributed by atoms with van der Waals surface area (Å²) >= 11 is 0. The molecule has 0 fully saturated rings. The van der Waals surface area contributed by atoms with Gasteiger partial charge in [-0.2, -0.15) is 5.10 Å². The highest BCUT2D eigenvalue weighted by Gasteiger charge is 2.17. The van der Waals surface area contributed by atoms with Crippen molar-refractivity contribution < 1.29 is 19.3 Å². The van der Waals surface area contributed by atoms with Crippen molar-refractivity contribution in [3.05, 3.63) is 17.0 Å². The molecule has 1 unspecified atom stereocenters. The van der Waals surface area contributed by atoms with Gasteiger partial charge in [0.05, 0.1) is 51.4 Å². The lowest BCUT2D eigenvalue weighted by molar-refractivity contribution is 0.0224. The van der Waals surface area contributed by atoms with Crippen LogP contribution in [-0.4, -0.2) is 55.0 Å². The molecule has 1 aromatic heterocycles. The molecule has 0 aliphatic heterocycles. The Bertz CT molecular complexity index is 407. The number of aliphatic hydroxyl groups is 1. The summed E-state index contributed by atoms with van der Waals surface area (Å²) in [5.74, 6) is 0. The maximum absolute atomic E-state index is 10.0. The maximum Gasteiger partial charge on any atom is 0.0823 e. The molecule has 0 amide bonds. The summed E-state index contributed by atoms with van der Waals surface area (Å²) < 4.78 is 17.6. The molecule has 0 aliphatic rings. The fourth-order valence-corrected chi connectivity index (χ4v) is 2.23. The first kappa shape index (κ1) is 18.1. The molecule has 1 atom stereocenters. The molecule has 6 nitrogen and oxygen atoms in total. The van der Waals surface area contributed by atoms with Crippen molar-refractivity contribution in [1.82, 2.24) is 9.78 Å². The standard InChI is InChI=1S/C15H28N2O4/c1-5-14(18)15-12(2)16-17(13(15)3)6-7-20-10-11-21-9-8-19-4/h14,18H,5-11H2,1-4H3.